The number of hydrogen-bond donors (Lipinski definition) is 2. The van der Waals surface area contributed by atoms with Crippen LogP contribution in [0, 0.1) is 0 Å². The number of aromatic nitrogens is 2. The SMILES string of the molecule is CC/C=C\c1[nH]cc(C[C@](C)(Nc2ncco2)C(=O)OC)c1CC. The Morgan fingerprint density at radius 1 is 1.50 bits per heavy atom. The molecule has 0 unspecified atom stereocenters. The molecule has 1 atom stereocenters. The minimum atomic E-state index is -0.975. The molecule has 2 aromatic rings. The highest BCUT2D eigenvalue weighted by Gasteiger charge is 2.37. The summed E-state index contributed by atoms with van der Waals surface area (Å²) in [6, 6.07) is 0.294. The molecule has 2 rings (SSSR count). The van der Waals surface area contributed by atoms with Gasteiger partial charge in [0.2, 0.25) is 0 Å². The summed E-state index contributed by atoms with van der Waals surface area (Å²) >= 11 is 0. The second-order valence-electron chi connectivity index (χ2n) is 5.83. The van der Waals surface area contributed by atoms with E-state index in [1.54, 1.807) is 6.92 Å². The number of methoxy groups -OCH3 is 1. The average Bonchev–Trinajstić information content (AvgIpc) is 3.21. The molecule has 6 heteroatoms. The number of nitrogens with one attached hydrogen (secondary N) is 2. The van der Waals surface area contributed by atoms with Crippen LogP contribution in [0.4, 0.5) is 6.01 Å². The van der Waals surface area contributed by atoms with Crippen molar-refractivity contribution in [3.05, 3.63) is 41.6 Å². The van der Waals surface area contributed by atoms with Gasteiger partial charge in [0.15, 0.2) is 0 Å². The number of carbonyl (C=O) groups excluding carboxylic acids is 1. The van der Waals surface area contributed by atoms with Crippen LogP contribution in [0.15, 0.2) is 29.2 Å². The maximum absolute atomic E-state index is 12.4. The first kappa shape index (κ1) is 17.8. The predicted octanol–water partition coefficient (Wildman–Crippen LogP) is 3.57. The Hall–Kier alpha value is -2.50. The number of hydrogen-bond acceptors (Lipinski definition) is 5. The van der Waals surface area contributed by atoms with Crippen molar-refractivity contribution in [1.82, 2.24) is 9.97 Å². The summed E-state index contributed by atoms with van der Waals surface area (Å²) in [5, 5.41) is 3.05. The number of nitrogens with zero attached hydrogens (tertiary/aromatic N) is 1. The van der Waals surface area contributed by atoms with Crippen LogP contribution in [0.3, 0.4) is 0 Å². The normalized spacial score (nSPS) is 13.8. The Bertz CT molecular complexity index is 688. The number of anilines is 1. The molecule has 0 aliphatic rings. The lowest BCUT2D eigenvalue weighted by Gasteiger charge is -2.27. The van der Waals surface area contributed by atoms with Gasteiger partial charge in [-0.3, -0.25) is 0 Å². The standard InChI is InChI=1S/C18H25N3O3/c1-5-7-8-15-14(6-2)13(12-20-15)11-18(3,16(22)23-4)21-17-19-9-10-24-17/h7-10,12,20H,5-6,11H2,1-4H3,(H,19,21)/b8-7-/t18-/m0/s1. The highest BCUT2D eigenvalue weighted by molar-refractivity contribution is 5.83. The summed E-state index contributed by atoms with van der Waals surface area (Å²) in [6.45, 7) is 5.99. The summed E-state index contributed by atoms with van der Waals surface area (Å²) in [6.07, 6.45) is 11.4. The van der Waals surface area contributed by atoms with E-state index in [2.05, 4.69) is 41.3 Å². The number of carbonyl (C=O) groups is 1. The van der Waals surface area contributed by atoms with Gasteiger partial charge in [-0.2, -0.15) is 0 Å². The van der Waals surface area contributed by atoms with Crippen molar-refractivity contribution in [1.29, 1.82) is 0 Å². The van der Waals surface area contributed by atoms with Crippen molar-refractivity contribution in [2.24, 2.45) is 0 Å². The van der Waals surface area contributed by atoms with E-state index >= 15 is 0 Å². The van der Waals surface area contributed by atoms with Gasteiger partial charge in [-0.05, 0) is 37.0 Å². The van der Waals surface area contributed by atoms with Gasteiger partial charge in [-0.25, -0.2) is 9.78 Å². The first-order valence-electron chi connectivity index (χ1n) is 8.15. The number of esters is 1. The van der Waals surface area contributed by atoms with Crippen molar-refractivity contribution in [2.75, 3.05) is 12.4 Å². The first-order chi connectivity index (χ1) is 11.5. The summed E-state index contributed by atoms with van der Waals surface area (Å²) in [5.41, 5.74) is 2.37. The summed E-state index contributed by atoms with van der Waals surface area (Å²) in [5.74, 6) is -0.366. The molecule has 0 aromatic carbocycles. The van der Waals surface area contributed by atoms with Crippen LogP contribution < -0.4 is 5.32 Å². The van der Waals surface area contributed by atoms with Gasteiger partial charge in [0.1, 0.15) is 11.8 Å². The molecule has 0 bridgehead atoms. The largest absolute Gasteiger partial charge is 0.467 e. The lowest BCUT2D eigenvalue weighted by Crippen LogP contribution is -2.46. The van der Waals surface area contributed by atoms with E-state index in [1.807, 2.05) is 6.20 Å². The summed E-state index contributed by atoms with van der Waals surface area (Å²) in [7, 11) is 1.38. The first-order valence-corrected chi connectivity index (χ1v) is 8.15. The van der Waals surface area contributed by atoms with Crippen molar-refractivity contribution in [2.45, 2.75) is 45.6 Å². The Balaban J connectivity index is 2.31. The van der Waals surface area contributed by atoms with Crippen molar-refractivity contribution >= 4 is 18.1 Å². The highest BCUT2D eigenvalue weighted by Crippen LogP contribution is 2.25. The second-order valence-corrected chi connectivity index (χ2v) is 5.83. The molecule has 2 N–H and O–H groups in total. The maximum atomic E-state index is 12.4. The number of oxazole rings is 1. The zero-order valence-corrected chi connectivity index (χ0v) is 14.7. The Morgan fingerprint density at radius 2 is 2.29 bits per heavy atom. The highest BCUT2D eigenvalue weighted by atomic mass is 16.5. The van der Waals surface area contributed by atoms with E-state index in [9.17, 15) is 4.79 Å². The van der Waals surface area contributed by atoms with Gasteiger partial charge in [-0.15, -0.1) is 0 Å². The smallest absolute Gasteiger partial charge is 0.331 e. The van der Waals surface area contributed by atoms with Crippen molar-refractivity contribution < 1.29 is 13.9 Å². The Labute approximate surface area is 142 Å². The van der Waals surface area contributed by atoms with Crippen LogP contribution >= 0.6 is 0 Å². The molecule has 0 saturated heterocycles. The molecule has 0 radical (unpaired) electrons. The number of allylic oxidation sites excluding steroid dienone is 1. The van der Waals surface area contributed by atoms with E-state index in [4.69, 9.17) is 9.15 Å². The fourth-order valence-electron chi connectivity index (χ4n) is 2.77. The van der Waals surface area contributed by atoms with Crippen molar-refractivity contribution in [3.8, 4) is 0 Å². The quantitative estimate of drug-likeness (QED) is 0.723. The van der Waals surface area contributed by atoms with Crippen LogP contribution in [-0.2, 0) is 22.4 Å². The third kappa shape index (κ3) is 3.88. The number of aromatic amines is 1. The molecule has 24 heavy (non-hydrogen) atoms. The van der Waals surface area contributed by atoms with Crippen LogP contribution in [0.2, 0.25) is 0 Å². The van der Waals surface area contributed by atoms with Gasteiger partial charge >= 0.3 is 5.97 Å². The third-order valence-corrected chi connectivity index (χ3v) is 3.98. The van der Waals surface area contributed by atoms with Crippen LogP contribution in [0.5, 0.6) is 0 Å². The molecule has 0 aliphatic heterocycles. The minimum Gasteiger partial charge on any atom is -0.467 e. The van der Waals surface area contributed by atoms with Gasteiger partial charge in [0, 0.05) is 18.3 Å². The molecule has 130 valence electrons. The van der Waals surface area contributed by atoms with E-state index in [1.165, 1.54) is 25.1 Å². The summed E-state index contributed by atoms with van der Waals surface area (Å²) in [4.78, 5) is 19.7. The fraction of sp³-hybridized carbons (Fsp3) is 0.444. The van der Waals surface area contributed by atoms with Crippen LogP contribution in [-0.4, -0.2) is 28.6 Å². The summed E-state index contributed by atoms with van der Waals surface area (Å²) < 4.78 is 10.2. The monoisotopic (exact) mass is 331 g/mol. The van der Waals surface area contributed by atoms with Gasteiger partial charge in [0.05, 0.1) is 13.3 Å². The third-order valence-electron chi connectivity index (χ3n) is 3.98. The Morgan fingerprint density at radius 3 is 2.88 bits per heavy atom. The molecule has 6 nitrogen and oxygen atoms in total. The fourth-order valence-corrected chi connectivity index (χ4v) is 2.77. The van der Waals surface area contributed by atoms with Gasteiger partial charge < -0.3 is 19.5 Å². The molecule has 2 heterocycles. The van der Waals surface area contributed by atoms with E-state index in [0.29, 0.717) is 12.4 Å². The topological polar surface area (TPSA) is 80.2 Å². The van der Waals surface area contributed by atoms with Crippen molar-refractivity contribution in [3.63, 3.8) is 0 Å². The molecule has 0 saturated carbocycles. The molecule has 0 aliphatic carbocycles. The molecule has 2 aromatic heterocycles. The van der Waals surface area contributed by atoms with E-state index in [0.717, 1.165) is 24.1 Å². The molecule has 0 fully saturated rings. The minimum absolute atomic E-state index is 0.294. The molecular weight excluding hydrogens is 306 g/mol. The zero-order chi connectivity index (χ0) is 17.6. The lowest BCUT2D eigenvalue weighted by molar-refractivity contribution is -0.145. The Kier molecular flexibility index (Phi) is 5.84. The van der Waals surface area contributed by atoms with Gasteiger partial charge in [0.25, 0.3) is 6.01 Å². The zero-order valence-electron chi connectivity index (χ0n) is 14.7. The molecule has 0 spiro atoms. The number of rotatable bonds is 8. The average molecular weight is 331 g/mol. The second kappa shape index (κ2) is 7.86. The van der Waals surface area contributed by atoms with E-state index in [-0.39, 0.29) is 5.97 Å². The van der Waals surface area contributed by atoms with E-state index < -0.39 is 5.54 Å². The number of H-pyrrole nitrogens is 1. The lowest BCUT2D eigenvalue weighted by atomic mass is 9.91. The van der Waals surface area contributed by atoms with Crippen LogP contribution in [0.25, 0.3) is 6.08 Å². The van der Waals surface area contributed by atoms with Crippen LogP contribution in [0.1, 0.15) is 44.0 Å². The molecular formula is C18H25N3O3. The molecule has 0 amide bonds. The maximum Gasteiger partial charge on any atom is 0.331 e. The van der Waals surface area contributed by atoms with Gasteiger partial charge in [-0.1, -0.05) is 19.9 Å². The number of ether oxygens (including phenoxy) is 1. The predicted molar refractivity (Wildman–Crippen MR) is 93.7 cm³/mol.